The molecule has 0 aliphatic carbocycles. The molecular formula is C25H34N4O3. The molecule has 1 fully saturated rings. The Hall–Kier alpha value is -2.90. The van der Waals surface area contributed by atoms with Gasteiger partial charge < -0.3 is 20.7 Å². The Balaban J connectivity index is 1.60. The van der Waals surface area contributed by atoms with E-state index < -0.39 is 0 Å². The van der Waals surface area contributed by atoms with E-state index in [9.17, 15) is 9.59 Å². The highest BCUT2D eigenvalue weighted by atomic mass is 16.5. The molecule has 2 unspecified atom stereocenters. The van der Waals surface area contributed by atoms with Crippen LogP contribution in [0.15, 0.2) is 48.5 Å². The molecular weight excluding hydrogens is 404 g/mol. The first-order chi connectivity index (χ1) is 15.3. The largest absolute Gasteiger partial charge is 0.373 e. The smallest absolute Gasteiger partial charge is 0.319 e. The van der Waals surface area contributed by atoms with Gasteiger partial charge in [0.1, 0.15) is 0 Å². The van der Waals surface area contributed by atoms with E-state index in [0.717, 1.165) is 25.2 Å². The van der Waals surface area contributed by atoms with Crippen molar-refractivity contribution in [2.45, 2.75) is 59.0 Å². The number of carbonyl (C=O) groups excluding carboxylic acids is 2. The second kappa shape index (κ2) is 11.1. The maximum absolute atomic E-state index is 12.8. The molecule has 3 rings (SSSR count). The lowest BCUT2D eigenvalue weighted by atomic mass is 10.1. The minimum absolute atomic E-state index is 0.0328. The molecule has 1 heterocycles. The number of ether oxygens (including phenoxy) is 1. The van der Waals surface area contributed by atoms with Gasteiger partial charge in [0.05, 0.1) is 12.2 Å². The normalized spacial score (nSPS) is 18.9. The maximum atomic E-state index is 12.8. The Kier molecular flexibility index (Phi) is 8.25. The van der Waals surface area contributed by atoms with Crippen LogP contribution in [-0.4, -0.2) is 48.2 Å². The lowest BCUT2D eigenvalue weighted by Crippen LogP contribution is -2.45. The number of nitrogens with zero attached hydrogens (tertiary/aromatic N) is 1. The Bertz CT molecular complexity index is 921. The summed E-state index contributed by atoms with van der Waals surface area (Å²) >= 11 is 0. The van der Waals surface area contributed by atoms with E-state index in [0.29, 0.717) is 17.8 Å². The zero-order valence-electron chi connectivity index (χ0n) is 19.4. The number of benzene rings is 2. The fourth-order valence-electron chi connectivity index (χ4n) is 3.98. The number of anilines is 1. The predicted octanol–water partition coefficient (Wildman–Crippen LogP) is 3.76. The predicted molar refractivity (Wildman–Crippen MR) is 127 cm³/mol. The molecule has 0 aromatic heterocycles. The monoisotopic (exact) mass is 438 g/mol. The van der Waals surface area contributed by atoms with Crippen LogP contribution in [0.2, 0.25) is 0 Å². The van der Waals surface area contributed by atoms with Crippen molar-refractivity contribution in [3.05, 3.63) is 65.2 Å². The summed E-state index contributed by atoms with van der Waals surface area (Å²) in [4.78, 5) is 27.1. The molecule has 2 aromatic rings. The van der Waals surface area contributed by atoms with Crippen LogP contribution in [0.4, 0.5) is 10.5 Å². The third kappa shape index (κ3) is 7.07. The average Bonchev–Trinajstić information content (AvgIpc) is 2.71. The number of morpholine rings is 1. The molecule has 1 aliphatic rings. The molecule has 7 heteroatoms. The van der Waals surface area contributed by atoms with Crippen molar-refractivity contribution in [1.29, 1.82) is 0 Å². The molecule has 0 bridgehead atoms. The third-order valence-electron chi connectivity index (χ3n) is 5.25. The van der Waals surface area contributed by atoms with E-state index in [-0.39, 0.29) is 30.2 Å². The second-order valence-corrected chi connectivity index (χ2v) is 8.74. The number of hydrogen-bond donors (Lipinski definition) is 3. The van der Waals surface area contributed by atoms with E-state index in [2.05, 4.69) is 46.8 Å². The van der Waals surface area contributed by atoms with Gasteiger partial charge in [-0.15, -0.1) is 0 Å². The SMILES string of the molecule is CC(C)NC(=O)Nc1cccc(C(=O)NCc2ccccc2CN2CC(C)OC(C)C2)c1. The van der Waals surface area contributed by atoms with Gasteiger partial charge in [-0.25, -0.2) is 4.79 Å². The summed E-state index contributed by atoms with van der Waals surface area (Å²) in [5.41, 5.74) is 3.38. The molecule has 3 N–H and O–H groups in total. The van der Waals surface area contributed by atoms with Crippen molar-refractivity contribution in [2.75, 3.05) is 18.4 Å². The van der Waals surface area contributed by atoms with E-state index in [1.807, 2.05) is 26.0 Å². The Morgan fingerprint density at radius 1 is 1.03 bits per heavy atom. The first-order valence-corrected chi connectivity index (χ1v) is 11.2. The highest BCUT2D eigenvalue weighted by Gasteiger charge is 2.22. The number of nitrogens with one attached hydrogen (secondary N) is 3. The molecule has 172 valence electrons. The lowest BCUT2D eigenvalue weighted by Gasteiger charge is -2.35. The van der Waals surface area contributed by atoms with E-state index in [1.54, 1.807) is 24.3 Å². The lowest BCUT2D eigenvalue weighted by molar-refractivity contribution is -0.0705. The number of carbonyl (C=O) groups is 2. The van der Waals surface area contributed by atoms with Crippen molar-refractivity contribution in [3.63, 3.8) is 0 Å². The minimum Gasteiger partial charge on any atom is -0.373 e. The van der Waals surface area contributed by atoms with Gasteiger partial charge in [0.2, 0.25) is 0 Å². The summed E-state index contributed by atoms with van der Waals surface area (Å²) in [7, 11) is 0. The fraction of sp³-hybridized carbons (Fsp3) is 0.440. The van der Waals surface area contributed by atoms with Gasteiger partial charge in [0.15, 0.2) is 0 Å². The molecule has 1 saturated heterocycles. The third-order valence-corrected chi connectivity index (χ3v) is 5.25. The Morgan fingerprint density at radius 2 is 1.72 bits per heavy atom. The first-order valence-electron chi connectivity index (χ1n) is 11.2. The summed E-state index contributed by atoms with van der Waals surface area (Å²) in [5, 5.41) is 8.54. The molecule has 0 spiro atoms. The highest BCUT2D eigenvalue weighted by Crippen LogP contribution is 2.17. The van der Waals surface area contributed by atoms with Crippen LogP contribution < -0.4 is 16.0 Å². The van der Waals surface area contributed by atoms with Crippen LogP contribution in [-0.2, 0) is 17.8 Å². The van der Waals surface area contributed by atoms with Crippen LogP contribution in [0.25, 0.3) is 0 Å². The summed E-state index contributed by atoms with van der Waals surface area (Å²) in [6.07, 6.45) is 0.434. The standard InChI is InChI=1S/C25H34N4O3/c1-17(2)27-25(31)28-23-11-7-10-20(12-23)24(30)26-13-21-8-5-6-9-22(21)16-29-14-18(3)32-19(4)15-29/h5-12,17-19H,13-16H2,1-4H3,(H,26,30)(H2,27,28,31). The van der Waals surface area contributed by atoms with Gasteiger partial charge in [-0.3, -0.25) is 9.69 Å². The topological polar surface area (TPSA) is 82.7 Å². The molecule has 7 nitrogen and oxygen atoms in total. The van der Waals surface area contributed by atoms with Gasteiger partial charge in [-0.1, -0.05) is 30.3 Å². The molecule has 2 aromatic carbocycles. The van der Waals surface area contributed by atoms with Gasteiger partial charge in [-0.05, 0) is 57.0 Å². The Labute approximate surface area is 190 Å². The number of amides is 3. The number of rotatable bonds is 7. The summed E-state index contributed by atoms with van der Waals surface area (Å²) in [6.45, 7) is 11.0. The maximum Gasteiger partial charge on any atom is 0.319 e. The van der Waals surface area contributed by atoms with Gasteiger partial charge >= 0.3 is 6.03 Å². The molecule has 0 saturated carbocycles. The molecule has 1 aliphatic heterocycles. The molecule has 3 amide bonds. The number of hydrogen-bond acceptors (Lipinski definition) is 4. The van der Waals surface area contributed by atoms with Gasteiger partial charge in [0, 0.05) is 43.5 Å². The average molecular weight is 439 g/mol. The summed E-state index contributed by atoms with van der Waals surface area (Å²) in [5.74, 6) is -0.179. The van der Waals surface area contributed by atoms with Crippen molar-refractivity contribution in [1.82, 2.24) is 15.5 Å². The van der Waals surface area contributed by atoms with Crippen LogP contribution in [0, 0.1) is 0 Å². The van der Waals surface area contributed by atoms with Crippen molar-refractivity contribution in [2.24, 2.45) is 0 Å². The zero-order valence-corrected chi connectivity index (χ0v) is 19.4. The fourth-order valence-corrected chi connectivity index (χ4v) is 3.98. The van der Waals surface area contributed by atoms with Crippen molar-refractivity contribution >= 4 is 17.6 Å². The molecule has 2 atom stereocenters. The van der Waals surface area contributed by atoms with Crippen LogP contribution >= 0.6 is 0 Å². The summed E-state index contributed by atoms with van der Waals surface area (Å²) in [6, 6.07) is 14.9. The number of urea groups is 1. The van der Waals surface area contributed by atoms with E-state index >= 15 is 0 Å². The van der Waals surface area contributed by atoms with Crippen LogP contribution in [0.3, 0.4) is 0 Å². The minimum atomic E-state index is -0.293. The van der Waals surface area contributed by atoms with E-state index in [4.69, 9.17) is 4.74 Å². The van der Waals surface area contributed by atoms with Crippen molar-refractivity contribution in [3.8, 4) is 0 Å². The van der Waals surface area contributed by atoms with Gasteiger partial charge in [0.25, 0.3) is 5.91 Å². The molecule has 0 radical (unpaired) electrons. The quantitative estimate of drug-likeness (QED) is 0.615. The van der Waals surface area contributed by atoms with Gasteiger partial charge in [-0.2, -0.15) is 0 Å². The van der Waals surface area contributed by atoms with E-state index in [1.165, 1.54) is 5.56 Å². The zero-order chi connectivity index (χ0) is 23.1. The highest BCUT2D eigenvalue weighted by molar-refractivity contribution is 5.96. The second-order valence-electron chi connectivity index (χ2n) is 8.74. The first kappa shape index (κ1) is 23.8. The van der Waals surface area contributed by atoms with Crippen molar-refractivity contribution < 1.29 is 14.3 Å². The van der Waals surface area contributed by atoms with Crippen LogP contribution in [0.5, 0.6) is 0 Å². The Morgan fingerprint density at radius 3 is 2.41 bits per heavy atom. The molecule has 32 heavy (non-hydrogen) atoms. The summed E-state index contributed by atoms with van der Waals surface area (Å²) < 4.78 is 5.84. The van der Waals surface area contributed by atoms with Crippen LogP contribution in [0.1, 0.15) is 49.2 Å².